The molecule has 0 unspecified atom stereocenters. The molecule has 0 aromatic carbocycles. The van der Waals surface area contributed by atoms with Crippen molar-refractivity contribution in [3.63, 3.8) is 0 Å². The van der Waals surface area contributed by atoms with Crippen LogP contribution in [-0.4, -0.2) is 42.1 Å². The van der Waals surface area contributed by atoms with Crippen molar-refractivity contribution in [3.8, 4) is 0 Å². The van der Waals surface area contributed by atoms with Gasteiger partial charge < -0.3 is 15.0 Å². The number of ether oxygens (including phenoxy) is 1. The van der Waals surface area contributed by atoms with Gasteiger partial charge in [0.1, 0.15) is 0 Å². The number of carbonyl (C=O) groups excluding carboxylic acids is 1. The third-order valence-corrected chi connectivity index (χ3v) is 3.78. The Kier molecular flexibility index (Phi) is 5.28. The van der Waals surface area contributed by atoms with Crippen LogP contribution in [0.25, 0.3) is 0 Å². The highest BCUT2D eigenvalue weighted by molar-refractivity contribution is 5.67. The van der Waals surface area contributed by atoms with Crippen LogP contribution in [0, 0.1) is 11.3 Å². The maximum absolute atomic E-state index is 11.7. The lowest BCUT2D eigenvalue weighted by Crippen LogP contribution is -2.33. The highest BCUT2D eigenvalue weighted by atomic mass is 16.5. The van der Waals surface area contributed by atoms with Gasteiger partial charge in [0.15, 0.2) is 0 Å². The van der Waals surface area contributed by atoms with Crippen molar-refractivity contribution in [2.75, 3.05) is 31.1 Å². The molecule has 128 valence electrons. The van der Waals surface area contributed by atoms with Gasteiger partial charge in [0, 0.05) is 32.7 Å². The number of carbonyl (C=O) groups is 1. The predicted molar refractivity (Wildman–Crippen MR) is 88.6 cm³/mol. The summed E-state index contributed by atoms with van der Waals surface area (Å²) in [4.78, 5) is 25.5. The summed E-state index contributed by atoms with van der Waals surface area (Å²) in [6, 6.07) is 1.60. The molecule has 7 heteroatoms. The summed E-state index contributed by atoms with van der Waals surface area (Å²) >= 11 is 0. The molecule has 2 rings (SSSR count). The second kappa shape index (κ2) is 7.02. The van der Waals surface area contributed by atoms with E-state index in [1.54, 1.807) is 19.3 Å². The molecule has 23 heavy (non-hydrogen) atoms. The molecule has 0 aliphatic carbocycles. The van der Waals surface area contributed by atoms with E-state index < -0.39 is 0 Å². The maximum atomic E-state index is 11.7. The third-order valence-electron chi connectivity index (χ3n) is 3.78. The van der Waals surface area contributed by atoms with E-state index in [1.807, 2.05) is 20.8 Å². The van der Waals surface area contributed by atoms with Crippen LogP contribution in [0.15, 0.2) is 17.1 Å². The number of amides is 1. The SMILES string of the molecule is Cn1ncc(N2CC[C@H](CNC(=O)OCC(C)(C)C)C2)cc1=O. The van der Waals surface area contributed by atoms with E-state index in [1.165, 1.54) is 4.68 Å². The molecule has 0 bridgehead atoms. The smallest absolute Gasteiger partial charge is 0.407 e. The molecule has 0 saturated carbocycles. The molecule has 1 aromatic rings. The first-order valence-electron chi connectivity index (χ1n) is 7.93. The van der Waals surface area contributed by atoms with E-state index in [2.05, 4.69) is 15.3 Å². The van der Waals surface area contributed by atoms with Crippen LogP contribution < -0.4 is 15.8 Å². The largest absolute Gasteiger partial charge is 0.449 e. The summed E-state index contributed by atoms with van der Waals surface area (Å²) in [6.45, 7) is 8.70. The number of aryl methyl sites for hydroxylation is 1. The number of hydrogen-bond donors (Lipinski definition) is 1. The topological polar surface area (TPSA) is 76.5 Å². The minimum atomic E-state index is -0.367. The first kappa shape index (κ1) is 17.3. The molecule has 1 fully saturated rings. The molecule has 1 atom stereocenters. The lowest BCUT2D eigenvalue weighted by Gasteiger charge is -2.19. The fourth-order valence-corrected chi connectivity index (χ4v) is 2.43. The Balaban J connectivity index is 1.78. The van der Waals surface area contributed by atoms with Crippen molar-refractivity contribution in [3.05, 3.63) is 22.6 Å². The van der Waals surface area contributed by atoms with Gasteiger partial charge in [-0.05, 0) is 17.8 Å². The molecule has 1 saturated heterocycles. The fraction of sp³-hybridized carbons (Fsp3) is 0.688. The highest BCUT2D eigenvalue weighted by Crippen LogP contribution is 2.21. The summed E-state index contributed by atoms with van der Waals surface area (Å²) in [5.74, 6) is 0.348. The van der Waals surface area contributed by atoms with Crippen LogP contribution in [0.3, 0.4) is 0 Å². The Morgan fingerprint density at radius 3 is 2.87 bits per heavy atom. The zero-order valence-corrected chi connectivity index (χ0v) is 14.3. The Morgan fingerprint density at radius 1 is 1.48 bits per heavy atom. The van der Waals surface area contributed by atoms with Crippen LogP contribution in [-0.2, 0) is 11.8 Å². The fourth-order valence-electron chi connectivity index (χ4n) is 2.43. The van der Waals surface area contributed by atoms with Crippen molar-refractivity contribution in [2.45, 2.75) is 27.2 Å². The summed E-state index contributed by atoms with van der Waals surface area (Å²) in [5.41, 5.74) is 0.689. The summed E-state index contributed by atoms with van der Waals surface area (Å²) in [5, 5.41) is 6.86. The van der Waals surface area contributed by atoms with Gasteiger partial charge in [0.25, 0.3) is 5.56 Å². The Morgan fingerprint density at radius 2 is 2.22 bits per heavy atom. The summed E-state index contributed by atoms with van der Waals surface area (Å²) in [7, 11) is 1.63. The van der Waals surface area contributed by atoms with Gasteiger partial charge in [0.2, 0.25) is 0 Å². The highest BCUT2D eigenvalue weighted by Gasteiger charge is 2.24. The van der Waals surface area contributed by atoms with Crippen LogP contribution in [0.5, 0.6) is 0 Å². The molecule has 1 aliphatic rings. The van der Waals surface area contributed by atoms with Crippen LogP contribution in [0.4, 0.5) is 10.5 Å². The Hall–Kier alpha value is -2.05. The van der Waals surface area contributed by atoms with Gasteiger partial charge in [-0.3, -0.25) is 4.79 Å². The van der Waals surface area contributed by atoms with Crippen LogP contribution in [0.2, 0.25) is 0 Å². The second-order valence-corrected chi connectivity index (χ2v) is 7.29. The predicted octanol–water partition coefficient (Wildman–Crippen LogP) is 1.38. The average Bonchev–Trinajstić information content (AvgIpc) is 2.94. The van der Waals surface area contributed by atoms with Crippen molar-refractivity contribution in [1.29, 1.82) is 0 Å². The number of rotatable bonds is 4. The van der Waals surface area contributed by atoms with E-state index in [-0.39, 0.29) is 17.1 Å². The van der Waals surface area contributed by atoms with Crippen molar-refractivity contribution in [2.24, 2.45) is 18.4 Å². The van der Waals surface area contributed by atoms with E-state index in [0.717, 1.165) is 25.2 Å². The number of anilines is 1. The number of nitrogens with one attached hydrogen (secondary N) is 1. The van der Waals surface area contributed by atoms with Gasteiger partial charge in [0.05, 0.1) is 18.5 Å². The van der Waals surface area contributed by atoms with E-state index >= 15 is 0 Å². The van der Waals surface area contributed by atoms with Gasteiger partial charge in [-0.1, -0.05) is 20.8 Å². The Labute approximate surface area is 136 Å². The van der Waals surface area contributed by atoms with Gasteiger partial charge >= 0.3 is 6.09 Å². The first-order chi connectivity index (χ1) is 10.7. The molecule has 1 aromatic heterocycles. The summed E-state index contributed by atoms with van der Waals surface area (Å²) < 4.78 is 6.50. The zero-order chi connectivity index (χ0) is 17.0. The number of aromatic nitrogens is 2. The van der Waals surface area contributed by atoms with Gasteiger partial charge in [-0.15, -0.1) is 0 Å². The van der Waals surface area contributed by atoms with E-state index in [0.29, 0.717) is 19.1 Å². The first-order valence-corrected chi connectivity index (χ1v) is 7.93. The molecule has 1 amide bonds. The molecule has 0 spiro atoms. The van der Waals surface area contributed by atoms with E-state index in [9.17, 15) is 9.59 Å². The Bertz CT molecular complexity index is 606. The van der Waals surface area contributed by atoms with Crippen molar-refractivity contribution >= 4 is 11.8 Å². The monoisotopic (exact) mass is 322 g/mol. The lowest BCUT2D eigenvalue weighted by atomic mass is 9.99. The molecular weight excluding hydrogens is 296 g/mol. The molecule has 7 nitrogen and oxygen atoms in total. The molecule has 1 N–H and O–H groups in total. The minimum Gasteiger partial charge on any atom is -0.449 e. The van der Waals surface area contributed by atoms with Crippen LogP contribution in [0.1, 0.15) is 27.2 Å². The second-order valence-electron chi connectivity index (χ2n) is 7.29. The molecule has 2 heterocycles. The number of alkyl carbamates (subject to hydrolysis) is 1. The van der Waals surface area contributed by atoms with Gasteiger partial charge in [-0.2, -0.15) is 5.10 Å². The molecule has 0 radical (unpaired) electrons. The zero-order valence-electron chi connectivity index (χ0n) is 14.3. The minimum absolute atomic E-state index is 0.0337. The molecular formula is C16H26N4O3. The quantitative estimate of drug-likeness (QED) is 0.906. The maximum Gasteiger partial charge on any atom is 0.407 e. The summed E-state index contributed by atoms with van der Waals surface area (Å²) in [6.07, 6.45) is 2.30. The van der Waals surface area contributed by atoms with Crippen molar-refractivity contribution in [1.82, 2.24) is 15.1 Å². The third kappa shape index (κ3) is 5.26. The van der Waals surface area contributed by atoms with E-state index in [4.69, 9.17) is 4.74 Å². The lowest BCUT2D eigenvalue weighted by molar-refractivity contribution is 0.105. The standard InChI is InChI=1S/C16H26N4O3/c1-16(2,3)11-23-15(22)17-8-12-5-6-20(10-12)13-7-14(21)19(4)18-9-13/h7,9,12H,5-6,8,10-11H2,1-4H3,(H,17,22)/t12-/m1/s1. The molecule has 1 aliphatic heterocycles. The number of hydrogen-bond acceptors (Lipinski definition) is 5. The normalized spacial score (nSPS) is 18.1. The van der Waals surface area contributed by atoms with Gasteiger partial charge in [-0.25, -0.2) is 9.48 Å². The van der Waals surface area contributed by atoms with Crippen molar-refractivity contribution < 1.29 is 9.53 Å². The van der Waals surface area contributed by atoms with Crippen LogP contribution >= 0.6 is 0 Å². The number of nitrogens with zero attached hydrogens (tertiary/aromatic N) is 3. The average molecular weight is 322 g/mol.